The predicted molar refractivity (Wildman–Crippen MR) is 83.9 cm³/mol. The average molecular weight is 295 g/mol. The van der Waals surface area contributed by atoms with E-state index in [9.17, 15) is 5.11 Å². The molecule has 0 spiro atoms. The molecular weight excluding hydrogens is 274 g/mol. The molecule has 1 aliphatic heterocycles. The highest BCUT2D eigenvalue weighted by molar-refractivity contribution is 5.19. The minimum Gasteiger partial charge on any atom is -0.383 e. The Morgan fingerprint density at radius 3 is 2.91 bits per heavy atom. The van der Waals surface area contributed by atoms with E-state index >= 15 is 0 Å². The Morgan fingerprint density at radius 2 is 2.14 bits per heavy atom. The second-order valence-electron chi connectivity index (χ2n) is 6.60. The van der Waals surface area contributed by atoms with Crippen LogP contribution >= 0.6 is 0 Å². The third kappa shape index (κ3) is 2.32. The number of rotatable bonds is 3. The Balaban J connectivity index is 1.52. The first-order valence-electron chi connectivity index (χ1n) is 8.01. The summed E-state index contributed by atoms with van der Waals surface area (Å²) in [5.74, 6) is 0.864. The van der Waals surface area contributed by atoms with Crippen molar-refractivity contribution in [1.29, 1.82) is 0 Å². The van der Waals surface area contributed by atoms with Crippen LogP contribution < -0.4 is 0 Å². The van der Waals surface area contributed by atoms with Crippen molar-refractivity contribution in [2.24, 2.45) is 11.8 Å². The maximum atomic E-state index is 11.2. The molecule has 2 aromatic heterocycles. The Bertz CT molecular complexity index is 633. The number of likely N-dealkylation sites (tertiary alicyclic amines) is 1. The normalized spacial score (nSPS) is 31.3. The fourth-order valence-corrected chi connectivity index (χ4v) is 4.20. The average Bonchev–Trinajstić information content (AvgIpc) is 3.10. The Morgan fingerprint density at radius 1 is 1.18 bits per heavy atom. The summed E-state index contributed by atoms with van der Waals surface area (Å²) >= 11 is 0. The second-order valence-corrected chi connectivity index (χ2v) is 6.60. The van der Waals surface area contributed by atoms with Gasteiger partial charge in [-0.1, -0.05) is 12.1 Å². The molecule has 2 aromatic rings. The van der Waals surface area contributed by atoms with E-state index < -0.39 is 5.60 Å². The van der Waals surface area contributed by atoms with Gasteiger partial charge in [-0.05, 0) is 42.5 Å². The summed E-state index contributed by atoms with van der Waals surface area (Å²) < 4.78 is 0. The highest BCUT2D eigenvalue weighted by atomic mass is 16.3. The van der Waals surface area contributed by atoms with Crippen LogP contribution in [0.15, 0.2) is 48.9 Å². The van der Waals surface area contributed by atoms with Gasteiger partial charge in [0.15, 0.2) is 0 Å². The number of pyridine rings is 2. The highest BCUT2D eigenvalue weighted by Gasteiger charge is 2.52. The van der Waals surface area contributed by atoms with Gasteiger partial charge in [-0.25, -0.2) is 0 Å². The lowest BCUT2D eigenvalue weighted by Gasteiger charge is -2.29. The van der Waals surface area contributed by atoms with Crippen LogP contribution in [0, 0.1) is 11.8 Å². The molecule has 1 aliphatic carbocycles. The molecule has 1 unspecified atom stereocenters. The maximum absolute atomic E-state index is 11.2. The molecule has 4 nitrogen and oxygen atoms in total. The first-order valence-corrected chi connectivity index (χ1v) is 8.01. The maximum Gasteiger partial charge on any atom is 0.111 e. The highest BCUT2D eigenvalue weighted by Crippen LogP contribution is 2.50. The smallest absolute Gasteiger partial charge is 0.111 e. The molecule has 0 aromatic carbocycles. The van der Waals surface area contributed by atoms with Gasteiger partial charge in [0.1, 0.15) is 5.60 Å². The van der Waals surface area contributed by atoms with Gasteiger partial charge in [-0.2, -0.15) is 0 Å². The van der Waals surface area contributed by atoms with Gasteiger partial charge in [0, 0.05) is 44.1 Å². The van der Waals surface area contributed by atoms with Gasteiger partial charge in [0.25, 0.3) is 0 Å². The van der Waals surface area contributed by atoms with Crippen LogP contribution in [0.5, 0.6) is 0 Å². The third-order valence-corrected chi connectivity index (χ3v) is 5.26. The number of aliphatic hydroxyl groups is 1. The molecule has 0 radical (unpaired) electrons. The van der Waals surface area contributed by atoms with E-state index in [4.69, 9.17) is 0 Å². The van der Waals surface area contributed by atoms with Crippen molar-refractivity contribution in [2.75, 3.05) is 13.1 Å². The zero-order valence-electron chi connectivity index (χ0n) is 12.6. The molecule has 2 fully saturated rings. The minimum absolute atomic E-state index is 0.291. The third-order valence-electron chi connectivity index (χ3n) is 5.26. The number of nitrogens with zero attached hydrogens (tertiary/aromatic N) is 3. The summed E-state index contributed by atoms with van der Waals surface area (Å²) in [6.07, 6.45) is 7.44. The van der Waals surface area contributed by atoms with E-state index in [2.05, 4.69) is 20.9 Å². The van der Waals surface area contributed by atoms with E-state index in [0.717, 1.165) is 38.2 Å². The first kappa shape index (κ1) is 13.9. The fourth-order valence-electron chi connectivity index (χ4n) is 4.20. The molecule has 1 saturated heterocycles. The van der Waals surface area contributed by atoms with Crippen molar-refractivity contribution in [3.05, 3.63) is 60.2 Å². The molecule has 1 N–H and O–H groups in total. The lowest BCUT2D eigenvalue weighted by Crippen LogP contribution is -2.35. The van der Waals surface area contributed by atoms with Crippen molar-refractivity contribution in [1.82, 2.24) is 14.9 Å². The van der Waals surface area contributed by atoms with Crippen molar-refractivity contribution in [2.45, 2.75) is 25.0 Å². The molecule has 3 heterocycles. The van der Waals surface area contributed by atoms with Crippen LogP contribution in [0.2, 0.25) is 0 Å². The second kappa shape index (κ2) is 5.45. The van der Waals surface area contributed by atoms with Gasteiger partial charge in [-0.15, -0.1) is 0 Å². The van der Waals surface area contributed by atoms with Gasteiger partial charge < -0.3 is 5.11 Å². The van der Waals surface area contributed by atoms with Gasteiger partial charge >= 0.3 is 0 Å². The molecule has 0 bridgehead atoms. The fraction of sp³-hybridized carbons (Fsp3) is 0.444. The molecular formula is C18H21N3O. The van der Waals surface area contributed by atoms with Crippen molar-refractivity contribution in [3.63, 3.8) is 0 Å². The summed E-state index contributed by atoms with van der Waals surface area (Å²) in [5.41, 5.74) is 1.32. The largest absolute Gasteiger partial charge is 0.383 e. The van der Waals surface area contributed by atoms with Crippen LogP contribution in [0.3, 0.4) is 0 Å². The summed E-state index contributed by atoms with van der Waals surface area (Å²) in [5, 5.41) is 11.2. The molecule has 4 heteroatoms. The number of aromatic nitrogens is 2. The van der Waals surface area contributed by atoms with Crippen LogP contribution in [0.1, 0.15) is 24.1 Å². The Hall–Kier alpha value is -1.78. The zero-order valence-corrected chi connectivity index (χ0v) is 12.6. The van der Waals surface area contributed by atoms with E-state index in [0.29, 0.717) is 11.8 Å². The Kier molecular flexibility index (Phi) is 3.43. The molecule has 4 rings (SSSR count). The molecule has 114 valence electrons. The van der Waals surface area contributed by atoms with E-state index in [-0.39, 0.29) is 0 Å². The SMILES string of the molecule is O[C@@]1(c2ccccn2)CCC2CN(Cc3cccnc3)C[C@H]21. The summed E-state index contributed by atoms with van der Waals surface area (Å²) in [6.45, 7) is 2.92. The van der Waals surface area contributed by atoms with Gasteiger partial charge in [0.05, 0.1) is 5.69 Å². The van der Waals surface area contributed by atoms with Gasteiger partial charge in [-0.3, -0.25) is 14.9 Å². The van der Waals surface area contributed by atoms with Crippen LogP contribution in [-0.2, 0) is 12.1 Å². The molecule has 3 atom stereocenters. The van der Waals surface area contributed by atoms with Crippen molar-refractivity contribution in [3.8, 4) is 0 Å². The topological polar surface area (TPSA) is 49.3 Å². The predicted octanol–water partition coefficient (Wildman–Crippen LogP) is 2.21. The zero-order chi connectivity index (χ0) is 15.0. The van der Waals surface area contributed by atoms with E-state index in [1.165, 1.54) is 5.56 Å². The van der Waals surface area contributed by atoms with Gasteiger partial charge in [0.2, 0.25) is 0 Å². The van der Waals surface area contributed by atoms with Crippen LogP contribution in [-0.4, -0.2) is 33.1 Å². The first-order chi connectivity index (χ1) is 10.8. The van der Waals surface area contributed by atoms with E-state index in [1.54, 1.807) is 6.20 Å². The van der Waals surface area contributed by atoms with Crippen molar-refractivity contribution >= 4 is 0 Å². The number of fused-ring (bicyclic) bond motifs is 1. The molecule has 2 aliphatic rings. The Labute approximate surface area is 130 Å². The molecule has 0 amide bonds. The summed E-state index contributed by atoms with van der Waals surface area (Å²) in [7, 11) is 0. The minimum atomic E-state index is -0.754. The van der Waals surface area contributed by atoms with Crippen molar-refractivity contribution < 1.29 is 5.11 Å². The quantitative estimate of drug-likeness (QED) is 0.943. The lowest BCUT2D eigenvalue weighted by atomic mass is 9.85. The lowest BCUT2D eigenvalue weighted by molar-refractivity contribution is -0.0108. The summed E-state index contributed by atoms with van der Waals surface area (Å²) in [6, 6.07) is 9.94. The van der Waals surface area contributed by atoms with Crippen LogP contribution in [0.25, 0.3) is 0 Å². The molecule has 1 saturated carbocycles. The van der Waals surface area contributed by atoms with Crippen LogP contribution in [0.4, 0.5) is 0 Å². The summed E-state index contributed by atoms with van der Waals surface area (Å²) in [4.78, 5) is 11.1. The van der Waals surface area contributed by atoms with E-state index in [1.807, 2.05) is 36.7 Å². The standard InChI is InChI=1S/C18H21N3O/c22-18(17-5-1-2-9-20-17)7-6-15-12-21(13-16(15)18)11-14-4-3-8-19-10-14/h1-5,8-10,15-16,22H,6-7,11-13H2/t15?,16-,18+/m1/s1. The number of hydrogen-bond donors (Lipinski definition) is 1. The monoisotopic (exact) mass is 295 g/mol. The number of hydrogen-bond acceptors (Lipinski definition) is 4. The molecule has 22 heavy (non-hydrogen) atoms.